The van der Waals surface area contributed by atoms with Gasteiger partial charge in [0.1, 0.15) is 0 Å². The van der Waals surface area contributed by atoms with Crippen molar-refractivity contribution in [1.82, 2.24) is 9.21 Å². The lowest BCUT2D eigenvalue weighted by atomic mass is 10.1. The molecule has 34 heavy (non-hydrogen) atoms. The van der Waals surface area contributed by atoms with Crippen LogP contribution in [0.3, 0.4) is 0 Å². The zero-order valence-electron chi connectivity index (χ0n) is 20.7. The van der Waals surface area contributed by atoms with Crippen molar-refractivity contribution in [2.24, 2.45) is 0 Å². The molecule has 2 aromatic rings. The normalized spacial score (nSPS) is 14.3. The SMILES string of the molecule is CCN(Cc1ccccc1)C(=O)CNc1cc(S(=O)(=O)N(CC)CC)ccc1N1CCCCC1. The summed E-state index contributed by atoms with van der Waals surface area (Å²) in [6.45, 7) is 9.60. The quantitative estimate of drug-likeness (QED) is 0.516. The summed E-state index contributed by atoms with van der Waals surface area (Å²) in [6.07, 6.45) is 3.42. The Morgan fingerprint density at radius 1 is 0.941 bits per heavy atom. The van der Waals surface area contributed by atoms with Crippen molar-refractivity contribution in [3.8, 4) is 0 Å². The summed E-state index contributed by atoms with van der Waals surface area (Å²) in [5.74, 6) is -0.0204. The second kappa shape index (κ2) is 12.2. The van der Waals surface area contributed by atoms with Crippen molar-refractivity contribution in [1.29, 1.82) is 0 Å². The Kier molecular flexibility index (Phi) is 9.36. The van der Waals surface area contributed by atoms with Crippen LogP contribution in [0.5, 0.6) is 0 Å². The van der Waals surface area contributed by atoms with Crippen LogP contribution < -0.4 is 10.2 Å². The Morgan fingerprint density at radius 2 is 1.62 bits per heavy atom. The fourth-order valence-electron chi connectivity index (χ4n) is 4.40. The van der Waals surface area contributed by atoms with Gasteiger partial charge in [-0.15, -0.1) is 0 Å². The van der Waals surface area contributed by atoms with E-state index >= 15 is 0 Å². The molecule has 0 spiro atoms. The zero-order chi connectivity index (χ0) is 24.6. The average molecular weight is 487 g/mol. The molecule has 3 rings (SSSR count). The first-order chi connectivity index (χ1) is 16.4. The van der Waals surface area contributed by atoms with Gasteiger partial charge in [0.05, 0.1) is 22.8 Å². The molecule has 186 valence electrons. The summed E-state index contributed by atoms with van der Waals surface area (Å²) in [7, 11) is -3.59. The third-order valence-electron chi connectivity index (χ3n) is 6.39. The van der Waals surface area contributed by atoms with Gasteiger partial charge in [-0.3, -0.25) is 4.79 Å². The van der Waals surface area contributed by atoms with E-state index in [1.54, 1.807) is 17.0 Å². The molecule has 0 bridgehead atoms. The minimum Gasteiger partial charge on any atom is -0.374 e. The number of carbonyl (C=O) groups is 1. The predicted molar refractivity (Wildman–Crippen MR) is 139 cm³/mol. The second-order valence-electron chi connectivity index (χ2n) is 8.56. The van der Waals surface area contributed by atoms with Crippen molar-refractivity contribution in [2.75, 3.05) is 49.5 Å². The summed E-state index contributed by atoms with van der Waals surface area (Å²) < 4.78 is 27.7. The van der Waals surface area contributed by atoms with Gasteiger partial charge in [-0.1, -0.05) is 44.2 Å². The Labute approximate surface area is 204 Å². The lowest BCUT2D eigenvalue weighted by Gasteiger charge is -2.31. The van der Waals surface area contributed by atoms with Crippen LogP contribution in [0.4, 0.5) is 11.4 Å². The number of likely N-dealkylation sites (N-methyl/N-ethyl adjacent to an activating group) is 1. The van der Waals surface area contributed by atoms with E-state index in [2.05, 4.69) is 10.2 Å². The molecule has 1 heterocycles. The minimum atomic E-state index is -3.59. The Morgan fingerprint density at radius 3 is 2.24 bits per heavy atom. The summed E-state index contributed by atoms with van der Waals surface area (Å²) in [5, 5.41) is 3.28. The first-order valence-electron chi connectivity index (χ1n) is 12.3. The van der Waals surface area contributed by atoms with Gasteiger partial charge in [0.15, 0.2) is 0 Å². The molecule has 8 heteroatoms. The van der Waals surface area contributed by atoms with E-state index in [0.29, 0.717) is 31.9 Å². The molecule has 0 aliphatic carbocycles. The molecule has 1 amide bonds. The molecular weight excluding hydrogens is 448 g/mol. The largest absolute Gasteiger partial charge is 0.374 e. The van der Waals surface area contributed by atoms with Crippen LogP contribution in [-0.4, -0.2) is 62.8 Å². The van der Waals surface area contributed by atoms with Crippen LogP contribution in [0.1, 0.15) is 45.6 Å². The average Bonchev–Trinajstić information content (AvgIpc) is 2.87. The van der Waals surface area contributed by atoms with E-state index in [1.165, 1.54) is 10.7 Å². The van der Waals surface area contributed by atoms with Crippen LogP contribution in [0.2, 0.25) is 0 Å². The third kappa shape index (κ3) is 6.30. The standard InChI is InChI=1S/C26H38N4O3S/c1-4-28(21-22-13-9-7-10-14-22)26(31)20-27-24-19-23(34(32,33)30(5-2)6-3)15-16-25(24)29-17-11-8-12-18-29/h7,9-10,13-16,19,27H,4-6,8,11-12,17-18,20-21H2,1-3H3. The number of sulfonamides is 1. The van der Waals surface area contributed by atoms with Gasteiger partial charge in [-0.05, 0) is 49.9 Å². The molecule has 0 saturated carbocycles. The van der Waals surface area contributed by atoms with Crippen LogP contribution >= 0.6 is 0 Å². The maximum atomic E-state index is 13.1. The van der Waals surface area contributed by atoms with E-state index in [1.807, 2.05) is 57.2 Å². The zero-order valence-corrected chi connectivity index (χ0v) is 21.5. The summed E-state index contributed by atoms with van der Waals surface area (Å²) in [5.41, 5.74) is 2.73. The molecule has 0 radical (unpaired) electrons. The summed E-state index contributed by atoms with van der Waals surface area (Å²) >= 11 is 0. The molecule has 1 N–H and O–H groups in total. The van der Waals surface area contributed by atoms with Gasteiger partial charge in [0, 0.05) is 39.3 Å². The highest BCUT2D eigenvalue weighted by Gasteiger charge is 2.24. The molecule has 7 nitrogen and oxygen atoms in total. The van der Waals surface area contributed by atoms with E-state index in [9.17, 15) is 13.2 Å². The van der Waals surface area contributed by atoms with E-state index in [-0.39, 0.29) is 17.3 Å². The van der Waals surface area contributed by atoms with Crippen molar-refractivity contribution in [2.45, 2.75) is 51.5 Å². The molecule has 1 aliphatic rings. The summed E-state index contributed by atoms with van der Waals surface area (Å²) in [4.78, 5) is 17.4. The molecule has 2 aromatic carbocycles. The molecule has 0 atom stereocenters. The number of amides is 1. The van der Waals surface area contributed by atoms with Crippen molar-refractivity contribution < 1.29 is 13.2 Å². The molecule has 0 unspecified atom stereocenters. The first kappa shape index (κ1) is 26.0. The van der Waals surface area contributed by atoms with Gasteiger partial charge >= 0.3 is 0 Å². The number of benzene rings is 2. The molecule has 0 aromatic heterocycles. The fraction of sp³-hybridized carbons (Fsp3) is 0.500. The lowest BCUT2D eigenvalue weighted by Crippen LogP contribution is -2.36. The highest BCUT2D eigenvalue weighted by Crippen LogP contribution is 2.32. The minimum absolute atomic E-state index is 0.0204. The van der Waals surface area contributed by atoms with Gasteiger partial charge in [-0.2, -0.15) is 4.31 Å². The van der Waals surface area contributed by atoms with Crippen LogP contribution in [0, 0.1) is 0 Å². The molecule has 1 fully saturated rings. The van der Waals surface area contributed by atoms with E-state index in [4.69, 9.17) is 0 Å². The number of carbonyl (C=O) groups excluding carboxylic acids is 1. The van der Waals surface area contributed by atoms with Crippen molar-refractivity contribution in [3.05, 3.63) is 54.1 Å². The number of rotatable bonds is 11. The second-order valence-corrected chi connectivity index (χ2v) is 10.5. The van der Waals surface area contributed by atoms with E-state index in [0.717, 1.165) is 37.2 Å². The maximum absolute atomic E-state index is 13.1. The predicted octanol–water partition coefficient (Wildman–Crippen LogP) is 4.17. The lowest BCUT2D eigenvalue weighted by molar-refractivity contribution is -0.129. The Bertz CT molecular complexity index is 1030. The fourth-order valence-corrected chi connectivity index (χ4v) is 5.89. The van der Waals surface area contributed by atoms with Gasteiger partial charge in [0.25, 0.3) is 0 Å². The van der Waals surface area contributed by atoms with Crippen molar-refractivity contribution in [3.63, 3.8) is 0 Å². The van der Waals surface area contributed by atoms with Gasteiger partial charge in [0.2, 0.25) is 15.9 Å². The number of nitrogens with zero attached hydrogens (tertiary/aromatic N) is 3. The molecule has 1 saturated heterocycles. The maximum Gasteiger partial charge on any atom is 0.243 e. The Hall–Kier alpha value is -2.58. The first-order valence-corrected chi connectivity index (χ1v) is 13.8. The van der Waals surface area contributed by atoms with Gasteiger partial charge in [-0.25, -0.2) is 8.42 Å². The van der Waals surface area contributed by atoms with Crippen LogP contribution in [-0.2, 0) is 21.4 Å². The topological polar surface area (TPSA) is 73.0 Å². The smallest absolute Gasteiger partial charge is 0.243 e. The summed E-state index contributed by atoms with van der Waals surface area (Å²) in [6, 6.07) is 15.2. The Balaban J connectivity index is 1.84. The highest BCUT2D eigenvalue weighted by molar-refractivity contribution is 7.89. The monoisotopic (exact) mass is 486 g/mol. The van der Waals surface area contributed by atoms with Crippen LogP contribution in [0.15, 0.2) is 53.4 Å². The van der Waals surface area contributed by atoms with Crippen LogP contribution in [0.25, 0.3) is 0 Å². The number of hydrogen-bond acceptors (Lipinski definition) is 5. The highest BCUT2D eigenvalue weighted by atomic mass is 32.2. The van der Waals surface area contributed by atoms with Crippen molar-refractivity contribution >= 4 is 27.3 Å². The number of nitrogens with one attached hydrogen (secondary N) is 1. The van der Waals surface area contributed by atoms with E-state index < -0.39 is 10.0 Å². The number of anilines is 2. The molecule has 1 aliphatic heterocycles. The number of piperidine rings is 1. The van der Waals surface area contributed by atoms with Gasteiger partial charge < -0.3 is 15.1 Å². The molecular formula is C26H38N4O3S. The third-order valence-corrected chi connectivity index (χ3v) is 8.43. The number of hydrogen-bond donors (Lipinski definition) is 1.